The number of H-pyrrole nitrogens is 1. The van der Waals surface area contributed by atoms with Gasteiger partial charge in [-0.05, 0) is 48.9 Å². The molecule has 2 aromatic carbocycles. The van der Waals surface area contributed by atoms with Crippen molar-refractivity contribution in [2.75, 3.05) is 18.9 Å². The Morgan fingerprint density at radius 1 is 1.13 bits per heavy atom. The molecule has 1 aliphatic rings. The predicted octanol–water partition coefficient (Wildman–Crippen LogP) is 2.32. The Balaban J connectivity index is 1.51. The van der Waals surface area contributed by atoms with Gasteiger partial charge >= 0.3 is 5.69 Å². The predicted molar refractivity (Wildman–Crippen MR) is 115 cm³/mol. The number of benzene rings is 2. The molecule has 0 spiro atoms. The van der Waals surface area contributed by atoms with Crippen molar-refractivity contribution in [3.8, 4) is 5.69 Å². The summed E-state index contributed by atoms with van der Waals surface area (Å²) >= 11 is 0. The van der Waals surface area contributed by atoms with E-state index in [0.717, 1.165) is 25.2 Å². The van der Waals surface area contributed by atoms with Crippen LogP contribution in [-0.2, 0) is 13.0 Å². The monoisotopic (exact) mass is 399 g/mol. The molecule has 0 amide bonds. The highest BCUT2D eigenvalue weighted by molar-refractivity contribution is 5.74. The maximum Gasteiger partial charge on any atom is 0.333 e. The molecule has 3 N–H and O–H groups in total. The minimum atomic E-state index is -0.417. The summed E-state index contributed by atoms with van der Waals surface area (Å²) in [6.07, 6.45) is 2.61. The minimum Gasteiger partial charge on any atom is -0.324 e. The number of nitrogens with zero attached hydrogens (tertiary/aromatic N) is 4. The summed E-state index contributed by atoms with van der Waals surface area (Å²) in [6, 6.07) is 15.3. The van der Waals surface area contributed by atoms with Crippen LogP contribution in [0.5, 0.6) is 0 Å². The van der Waals surface area contributed by atoms with Crippen LogP contribution in [0.2, 0.25) is 0 Å². The average Bonchev–Trinajstić information content (AvgIpc) is 2.74. The van der Waals surface area contributed by atoms with Gasteiger partial charge < -0.3 is 10.2 Å². The van der Waals surface area contributed by atoms with E-state index in [9.17, 15) is 4.79 Å². The third kappa shape index (κ3) is 3.27. The van der Waals surface area contributed by atoms with Crippen LogP contribution in [0.4, 0.5) is 11.6 Å². The zero-order valence-corrected chi connectivity index (χ0v) is 16.5. The quantitative estimate of drug-likeness (QED) is 0.491. The number of anilines is 2. The van der Waals surface area contributed by atoms with Crippen molar-refractivity contribution in [3.63, 3.8) is 0 Å². The molecule has 2 aromatic heterocycles. The molecule has 0 bridgehead atoms. The lowest BCUT2D eigenvalue weighted by molar-refractivity contribution is 0.313. The van der Waals surface area contributed by atoms with E-state index < -0.39 is 5.69 Å². The van der Waals surface area contributed by atoms with Gasteiger partial charge in [-0.1, -0.05) is 24.3 Å². The Morgan fingerprint density at radius 2 is 1.97 bits per heavy atom. The first-order valence-corrected chi connectivity index (χ1v) is 9.78. The number of hydrogen-bond acceptors (Lipinski definition) is 6. The summed E-state index contributed by atoms with van der Waals surface area (Å²) in [7, 11) is 2.12. The van der Waals surface area contributed by atoms with Gasteiger partial charge in [0.25, 0.3) is 0 Å². The molecule has 8 heteroatoms. The molecular formula is C22H21N7O. The Hall–Kier alpha value is -3.78. The Morgan fingerprint density at radius 3 is 2.80 bits per heavy atom. The second-order valence-corrected chi connectivity index (χ2v) is 7.50. The van der Waals surface area contributed by atoms with Gasteiger partial charge in [-0.15, -0.1) is 0 Å². The van der Waals surface area contributed by atoms with Crippen LogP contribution in [0.15, 0.2) is 59.5 Å². The molecule has 0 atom stereocenters. The molecule has 0 saturated carbocycles. The number of aromatic nitrogens is 4. The minimum absolute atomic E-state index is 0.0447. The van der Waals surface area contributed by atoms with Crippen LogP contribution in [0.1, 0.15) is 11.1 Å². The van der Waals surface area contributed by atoms with Crippen LogP contribution < -0.4 is 16.5 Å². The van der Waals surface area contributed by atoms with Crippen LogP contribution in [0.25, 0.3) is 16.7 Å². The molecule has 5 rings (SSSR count). The second kappa shape index (κ2) is 7.23. The van der Waals surface area contributed by atoms with E-state index in [2.05, 4.69) is 44.3 Å². The zero-order valence-electron chi connectivity index (χ0n) is 16.5. The van der Waals surface area contributed by atoms with E-state index in [1.54, 1.807) is 18.3 Å². The van der Waals surface area contributed by atoms with Gasteiger partial charge in [-0.2, -0.15) is 4.98 Å². The lowest BCUT2D eigenvalue weighted by Gasteiger charge is -2.25. The summed E-state index contributed by atoms with van der Waals surface area (Å²) < 4.78 is 1.30. The molecule has 3 heterocycles. The maximum atomic E-state index is 12.6. The summed E-state index contributed by atoms with van der Waals surface area (Å²) in [5, 5.41) is 12.2. The van der Waals surface area contributed by atoms with E-state index >= 15 is 0 Å². The van der Waals surface area contributed by atoms with Gasteiger partial charge in [0.1, 0.15) is 5.49 Å². The fourth-order valence-corrected chi connectivity index (χ4v) is 3.82. The van der Waals surface area contributed by atoms with Gasteiger partial charge in [-0.25, -0.2) is 14.3 Å². The zero-order chi connectivity index (χ0) is 20.7. The van der Waals surface area contributed by atoms with E-state index in [0.29, 0.717) is 22.7 Å². The number of para-hydroxylation sites is 1. The first-order valence-electron chi connectivity index (χ1n) is 9.78. The molecular weight excluding hydrogens is 378 g/mol. The largest absolute Gasteiger partial charge is 0.333 e. The Bertz CT molecular complexity index is 1360. The topological polar surface area (TPSA) is 103 Å². The van der Waals surface area contributed by atoms with Crippen LogP contribution in [0.3, 0.4) is 0 Å². The van der Waals surface area contributed by atoms with Gasteiger partial charge in [-0.3, -0.25) is 10.4 Å². The van der Waals surface area contributed by atoms with Gasteiger partial charge in [0.2, 0.25) is 5.95 Å². The summed E-state index contributed by atoms with van der Waals surface area (Å²) in [4.78, 5) is 26.5. The van der Waals surface area contributed by atoms with Crippen molar-refractivity contribution < 1.29 is 0 Å². The third-order valence-electron chi connectivity index (χ3n) is 5.38. The number of nitrogens with one attached hydrogen (secondary N) is 3. The SMILES string of the molecule is CN1CCc2ccc(Nc3ncc4c(=N)n(-c5ccccc5)c(=O)[nH]c4n3)cc2C1. The lowest BCUT2D eigenvalue weighted by Crippen LogP contribution is -2.34. The fourth-order valence-electron chi connectivity index (χ4n) is 3.82. The van der Waals surface area contributed by atoms with Crippen molar-refractivity contribution >= 4 is 22.7 Å². The van der Waals surface area contributed by atoms with Crippen molar-refractivity contribution in [3.05, 3.63) is 81.8 Å². The highest BCUT2D eigenvalue weighted by Crippen LogP contribution is 2.23. The van der Waals surface area contributed by atoms with Gasteiger partial charge in [0, 0.05) is 25.0 Å². The van der Waals surface area contributed by atoms with E-state index in [1.165, 1.54) is 15.7 Å². The molecule has 0 unspecified atom stereocenters. The first kappa shape index (κ1) is 18.3. The smallest absolute Gasteiger partial charge is 0.324 e. The van der Waals surface area contributed by atoms with Crippen molar-refractivity contribution in [1.29, 1.82) is 5.41 Å². The molecule has 0 aliphatic carbocycles. The lowest BCUT2D eigenvalue weighted by atomic mass is 9.99. The van der Waals surface area contributed by atoms with Crippen LogP contribution in [-0.4, -0.2) is 38.0 Å². The van der Waals surface area contributed by atoms with E-state index in [1.807, 2.05) is 24.3 Å². The number of aromatic amines is 1. The third-order valence-corrected chi connectivity index (χ3v) is 5.38. The highest BCUT2D eigenvalue weighted by atomic mass is 16.1. The van der Waals surface area contributed by atoms with Crippen molar-refractivity contribution in [2.45, 2.75) is 13.0 Å². The molecule has 4 aromatic rings. The molecule has 150 valence electrons. The molecule has 1 aliphatic heterocycles. The second-order valence-electron chi connectivity index (χ2n) is 7.50. The first-order chi connectivity index (χ1) is 14.6. The average molecular weight is 399 g/mol. The van der Waals surface area contributed by atoms with Crippen molar-refractivity contribution in [1.82, 2.24) is 24.4 Å². The summed E-state index contributed by atoms with van der Waals surface area (Å²) in [5.41, 5.74) is 4.13. The molecule has 0 fully saturated rings. The van der Waals surface area contributed by atoms with Gasteiger partial charge in [0.05, 0.1) is 11.1 Å². The molecule has 30 heavy (non-hydrogen) atoms. The van der Waals surface area contributed by atoms with Crippen LogP contribution >= 0.6 is 0 Å². The number of likely N-dealkylation sites (N-methyl/N-ethyl adjacent to an activating group) is 1. The molecule has 8 nitrogen and oxygen atoms in total. The number of fused-ring (bicyclic) bond motifs is 2. The van der Waals surface area contributed by atoms with Crippen molar-refractivity contribution in [2.24, 2.45) is 0 Å². The Kier molecular flexibility index (Phi) is 4.40. The summed E-state index contributed by atoms with van der Waals surface area (Å²) in [5.74, 6) is 0.374. The number of rotatable bonds is 3. The van der Waals surface area contributed by atoms with E-state index in [-0.39, 0.29) is 5.49 Å². The highest BCUT2D eigenvalue weighted by Gasteiger charge is 2.14. The normalized spacial score (nSPS) is 13.9. The van der Waals surface area contributed by atoms with E-state index in [4.69, 9.17) is 5.41 Å². The molecule has 0 radical (unpaired) electrons. The standard InChI is InChI=1S/C22H21N7O/c1-28-10-9-14-7-8-16(11-15(14)13-28)25-21-24-12-18-19(23)29(17-5-3-2-4-6-17)22(30)27-20(18)26-21/h2-8,11-12,23H,9-10,13H2,1H3,(H2,24,25,26,27,30). The fraction of sp³-hybridized carbons (Fsp3) is 0.182. The Labute approximate surface area is 172 Å². The summed E-state index contributed by atoms with van der Waals surface area (Å²) in [6.45, 7) is 1.98. The van der Waals surface area contributed by atoms with Crippen LogP contribution in [0, 0.1) is 5.41 Å². The van der Waals surface area contributed by atoms with Gasteiger partial charge in [0.15, 0.2) is 5.65 Å². The molecule has 0 saturated heterocycles. The number of hydrogen-bond donors (Lipinski definition) is 3. The maximum absolute atomic E-state index is 12.6.